The second kappa shape index (κ2) is 4.71. The van der Waals surface area contributed by atoms with Crippen LogP contribution in [0.3, 0.4) is 0 Å². The minimum absolute atomic E-state index is 0.0213. The third-order valence-electron chi connectivity index (χ3n) is 7.09. The third-order valence-corrected chi connectivity index (χ3v) is 7.09. The summed E-state index contributed by atoms with van der Waals surface area (Å²) in [7, 11) is 1.78. The normalized spacial score (nSPS) is 51.1. The molecular formula is C18H32O2. The minimum atomic E-state index is 0.0213. The van der Waals surface area contributed by atoms with E-state index in [0.717, 1.165) is 12.3 Å². The third kappa shape index (κ3) is 2.06. The summed E-state index contributed by atoms with van der Waals surface area (Å²) in [5.41, 5.74) is 1.01. The molecule has 3 aliphatic rings. The van der Waals surface area contributed by atoms with Gasteiger partial charge in [-0.15, -0.1) is 0 Å². The molecule has 20 heavy (non-hydrogen) atoms. The largest absolute Gasteiger partial charge is 0.356 e. The second-order valence-corrected chi connectivity index (χ2v) is 8.66. The van der Waals surface area contributed by atoms with Crippen molar-refractivity contribution in [2.45, 2.75) is 84.5 Å². The molecule has 0 aromatic carbocycles. The molecule has 1 heterocycles. The molecule has 3 fully saturated rings. The van der Waals surface area contributed by atoms with Crippen LogP contribution < -0.4 is 0 Å². The highest BCUT2D eigenvalue weighted by atomic mass is 16.7. The molecule has 0 spiro atoms. The maximum absolute atomic E-state index is 6.39. The van der Waals surface area contributed by atoms with Gasteiger partial charge in [-0.25, -0.2) is 0 Å². The Hall–Kier alpha value is -0.0800. The summed E-state index contributed by atoms with van der Waals surface area (Å²) in [5.74, 6) is 1.57. The molecule has 2 nitrogen and oxygen atoms in total. The van der Waals surface area contributed by atoms with Crippen LogP contribution in [0, 0.1) is 22.7 Å². The van der Waals surface area contributed by atoms with Gasteiger partial charge in [0.15, 0.2) is 6.29 Å². The molecule has 0 N–H and O–H groups in total. The molecule has 5 atom stereocenters. The zero-order chi connectivity index (χ0) is 14.6. The second-order valence-electron chi connectivity index (χ2n) is 8.66. The Bertz CT molecular complexity index is 378. The highest BCUT2D eigenvalue weighted by Crippen LogP contribution is 2.64. The van der Waals surface area contributed by atoms with Crippen molar-refractivity contribution < 1.29 is 9.47 Å². The van der Waals surface area contributed by atoms with Gasteiger partial charge >= 0.3 is 0 Å². The van der Waals surface area contributed by atoms with Crippen LogP contribution in [0.4, 0.5) is 0 Å². The first kappa shape index (κ1) is 14.8. The zero-order valence-electron chi connectivity index (χ0n) is 14.0. The van der Waals surface area contributed by atoms with E-state index in [1.54, 1.807) is 7.11 Å². The Balaban J connectivity index is 1.91. The Morgan fingerprint density at radius 3 is 2.35 bits per heavy atom. The molecule has 2 saturated carbocycles. The monoisotopic (exact) mass is 280 g/mol. The van der Waals surface area contributed by atoms with E-state index in [-0.39, 0.29) is 11.9 Å². The Morgan fingerprint density at radius 2 is 1.65 bits per heavy atom. The zero-order valence-corrected chi connectivity index (χ0v) is 14.0. The summed E-state index contributed by atoms with van der Waals surface area (Å²) in [5, 5.41) is 0. The molecular weight excluding hydrogens is 248 g/mol. The van der Waals surface area contributed by atoms with Crippen LogP contribution in [-0.2, 0) is 9.47 Å². The standard InChI is InChI=1S/C18H32O2/c1-16(2)10-6-11-17(3)13(16)9-12-18(4)14(17)7-8-15(19-5)20-18/h13-15H,6-12H2,1-5H3/t13-,14+,15+,17-,18+/m0/s1. The van der Waals surface area contributed by atoms with Crippen molar-refractivity contribution in [2.75, 3.05) is 7.11 Å². The minimum Gasteiger partial charge on any atom is -0.356 e. The van der Waals surface area contributed by atoms with Crippen molar-refractivity contribution >= 4 is 0 Å². The number of fused-ring (bicyclic) bond motifs is 3. The van der Waals surface area contributed by atoms with Gasteiger partial charge in [0.2, 0.25) is 0 Å². The lowest BCUT2D eigenvalue weighted by Gasteiger charge is -2.64. The van der Waals surface area contributed by atoms with Gasteiger partial charge in [-0.2, -0.15) is 0 Å². The number of hydrogen-bond acceptors (Lipinski definition) is 2. The Labute approximate surface area is 124 Å². The first-order valence-electron chi connectivity index (χ1n) is 8.52. The predicted octanol–water partition coefficient (Wildman–Crippen LogP) is 4.77. The fourth-order valence-electron chi connectivity index (χ4n) is 6.21. The fraction of sp³-hybridized carbons (Fsp3) is 1.00. The number of hydrogen-bond donors (Lipinski definition) is 0. The van der Waals surface area contributed by atoms with Gasteiger partial charge in [0.1, 0.15) is 0 Å². The highest BCUT2D eigenvalue weighted by molar-refractivity contribution is 5.09. The van der Waals surface area contributed by atoms with E-state index in [2.05, 4.69) is 27.7 Å². The van der Waals surface area contributed by atoms with Crippen molar-refractivity contribution in [2.24, 2.45) is 22.7 Å². The summed E-state index contributed by atoms with van der Waals surface area (Å²) in [6.45, 7) is 9.92. The van der Waals surface area contributed by atoms with Gasteiger partial charge in [-0.05, 0) is 68.1 Å². The molecule has 3 rings (SSSR count). The average Bonchev–Trinajstić information content (AvgIpc) is 2.36. The SMILES string of the molecule is CO[C@H]1CC[C@@H]2[C@@]3(C)CCCC(C)(C)[C@@H]3CC[C@@]2(C)O1. The molecule has 0 bridgehead atoms. The van der Waals surface area contributed by atoms with Gasteiger partial charge in [0, 0.05) is 7.11 Å². The van der Waals surface area contributed by atoms with Crippen molar-refractivity contribution in [3.8, 4) is 0 Å². The lowest BCUT2D eigenvalue weighted by Crippen LogP contribution is -2.61. The summed E-state index contributed by atoms with van der Waals surface area (Å²) in [4.78, 5) is 0. The van der Waals surface area contributed by atoms with Crippen molar-refractivity contribution in [1.82, 2.24) is 0 Å². The molecule has 2 heteroatoms. The Kier molecular flexibility index (Phi) is 3.49. The van der Waals surface area contributed by atoms with E-state index in [9.17, 15) is 0 Å². The van der Waals surface area contributed by atoms with E-state index in [4.69, 9.17) is 9.47 Å². The number of rotatable bonds is 1. The van der Waals surface area contributed by atoms with E-state index in [0.29, 0.717) is 16.7 Å². The smallest absolute Gasteiger partial charge is 0.157 e. The molecule has 1 saturated heterocycles. The van der Waals surface area contributed by atoms with Crippen LogP contribution in [0.1, 0.15) is 72.6 Å². The fourth-order valence-corrected chi connectivity index (χ4v) is 6.21. The van der Waals surface area contributed by atoms with Crippen LogP contribution >= 0.6 is 0 Å². The van der Waals surface area contributed by atoms with Crippen molar-refractivity contribution in [1.29, 1.82) is 0 Å². The Morgan fingerprint density at radius 1 is 0.900 bits per heavy atom. The highest BCUT2D eigenvalue weighted by Gasteiger charge is 2.60. The average molecular weight is 280 g/mol. The van der Waals surface area contributed by atoms with Crippen LogP contribution in [-0.4, -0.2) is 19.0 Å². The predicted molar refractivity (Wildman–Crippen MR) is 81.5 cm³/mol. The summed E-state index contributed by atoms with van der Waals surface area (Å²) < 4.78 is 11.9. The maximum atomic E-state index is 6.39. The van der Waals surface area contributed by atoms with E-state index in [1.807, 2.05) is 0 Å². The van der Waals surface area contributed by atoms with Gasteiger partial charge < -0.3 is 9.47 Å². The van der Waals surface area contributed by atoms with Gasteiger partial charge in [-0.3, -0.25) is 0 Å². The lowest BCUT2D eigenvalue weighted by molar-refractivity contribution is -0.287. The van der Waals surface area contributed by atoms with Crippen molar-refractivity contribution in [3.63, 3.8) is 0 Å². The molecule has 1 aliphatic heterocycles. The van der Waals surface area contributed by atoms with Gasteiger partial charge in [-0.1, -0.05) is 27.2 Å². The van der Waals surface area contributed by atoms with E-state index >= 15 is 0 Å². The molecule has 0 radical (unpaired) electrons. The molecule has 116 valence electrons. The molecule has 0 unspecified atom stereocenters. The number of ether oxygens (including phenoxy) is 2. The molecule has 0 aromatic rings. The molecule has 0 aromatic heterocycles. The summed E-state index contributed by atoms with van der Waals surface area (Å²) in [6.07, 6.45) is 9.08. The van der Waals surface area contributed by atoms with Crippen LogP contribution in [0.5, 0.6) is 0 Å². The first-order valence-corrected chi connectivity index (χ1v) is 8.52. The lowest BCUT2D eigenvalue weighted by atomic mass is 9.45. The van der Waals surface area contributed by atoms with Crippen LogP contribution in [0.15, 0.2) is 0 Å². The summed E-state index contributed by atoms with van der Waals surface area (Å²) >= 11 is 0. The quantitative estimate of drug-likeness (QED) is 0.689. The van der Waals surface area contributed by atoms with E-state index in [1.165, 1.54) is 38.5 Å². The number of methoxy groups -OCH3 is 1. The van der Waals surface area contributed by atoms with Gasteiger partial charge in [0.05, 0.1) is 5.60 Å². The van der Waals surface area contributed by atoms with Crippen LogP contribution in [0.25, 0.3) is 0 Å². The van der Waals surface area contributed by atoms with Crippen molar-refractivity contribution in [3.05, 3.63) is 0 Å². The molecule has 2 aliphatic carbocycles. The van der Waals surface area contributed by atoms with Crippen LogP contribution in [0.2, 0.25) is 0 Å². The summed E-state index contributed by atoms with van der Waals surface area (Å²) in [6, 6.07) is 0. The first-order chi connectivity index (χ1) is 9.32. The topological polar surface area (TPSA) is 18.5 Å². The maximum Gasteiger partial charge on any atom is 0.157 e. The van der Waals surface area contributed by atoms with Gasteiger partial charge in [0.25, 0.3) is 0 Å². The molecule has 0 amide bonds. The van der Waals surface area contributed by atoms with E-state index < -0.39 is 0 Å².